The van der Waals surface area contributed by atoms with Gasteiger partial charge in [0, 0.05) is 13.1 Å². The second-order valence-electron chi connectivity index (χ2n) is 4.64. The normalized spacial score (nSPS) is 13.1. The van der Waals surface area contributed by atoms with Crippen molar-refractivity contribution >= 4 is 11.0 Å². The van der Waals surface area contributed by atoms with Gasteiger partial charge in [-0.2, -0.15) is 0 Å². The standard InChI is InChI=1S/C14H20N2O/c1-4-11(3)10-16-13-9-7-6-8-12(13)15(5-2)14(16)17/h6-9,11H,4-5,10H2,1-3H3. The number of rotatable bonds is 4. The van der Waals surface area contributed by atoms with Crippen molar-refractivity contribution in [3.05, 3.63) is 34.7 Å². The van der Waals surface area contributed by atoms with Gasteiger partial charge in [-0.15, -0.1) is 0 Å². The van der Waals surface area contributed by atoms with E-state index in [-0.39, 0.29) is 5.69 Å². The van der Waals surface area contributed by atoms with Crippen LogP contribution in [-0.2, 0) is 13.1 Å². The molecule has 1 atom stereocenters. The van der Waals surface area contributed by atoms with Crippen LogP contribution in [-0.4, -0.2) is 9.13 Å². The molecule has 1 heterocycles. The molecule has 1 aromatic heterocycles. The van der Waals surface area contributed by atoms with Crippen molar-refractivity contribution in [2.24, 2.45) is 5.92 Å². The lowest BCUT2D eigenvalue weighted by Crippen LogP contribution is -2.25. The van der Waals surface area contributed by atoms with Gasteiger partial charge < -0.3 is 0 Å². The number of imidazole rings is 1. The van der Waals surface area contributed by atoms with E-state index >= 15 is 0 Å². The highest BCUT2D eigenvalue weighted by Gasteiger charge is 2.12. The first kappa shape index (κ1) is 12.0. The second-order valence-corrected chi connectivity index (χ2v) is 4.64. The molecule has 2 rings (SSSR count). The Labute approximate surface area is 102 Å². The highest BCUT2D eigenvalue weighted by Crippen LogP contribution is 2.15. The topological polar surface area (TPSA) is 26.9 Å². The summed E-state index contributed by atoms with van der Waals surface area (Å²) < 4.78 is 3.75. The van der Waals surface area contributed by atoms with Crippen LogP contribution in [0.2, 0.25) is 0 Å². The number of para-hydroxylation sites is 2. The minimum atomic E-state index is 0.119. The Kier molecular flexibility index (Phi) is 3.36. The van der Waals surface area contributed by atoms with Crippen LogP contribution < -0.4 is 5.69 Å². The summed E-state index contributed by atoms with van der Waals surface area (Å²) in [6, 6.07) is 8.04. The first-order valence-corrected chi connectivity index (χ1v) is 6.37. The van der Waals surface area contributed by atoms with E-state index in [2.05, 4.69) is 13.8 Å². The van der Waals surface area contributed by atoms with E-state index in [1.165, 1.54) is 0 Å². The predicted octanol–water partition coefficient (Wildman–Crippen LogP) is 2.87. The largest absolute Gasteiger partial charge is 0.329 e. The lowest BCUT2D eigenvalue weighted by atomic mass is 10.1. The van der Waals surface area contributed by atoms with Crippen molar-refractivity contribution in [3.63, 3.8) is 0 Å². The van der Waals surface area contributed by atoms with Gasteiger partial charge in [-0.1, -0.05) is 32.4 Å². The van der Waals surface area contributed by atoms with E-state index in [4.69, 9.17) is 0 Å². The van der Waals surface area contributed by atoms with E-state index in [9.17, 15) is 4.79 Å². The fourth-order valence-corrected chi connectivity index (χ4v) is 2.20. The van der Waals surface area contributed by atoms with E-state index in [0.717, 1.165) is 30.5 Å². The van der Waals surface area contributed by atoms with Crippen LogP contribution in [0.4, 0.5) is 0 Å². The minimum Gasteiger partial charge on any atom is -0.292 e. The molecule has 0 saturated heterocycles. The van der Waals surface area contributed by atoms with E-state index in [0.29, 0.717) is 5.92 Å². The molecule has 3 nitrogen and oxygen atoms in total. The van der Waals surface area contributed by atoms with Crippen LogP contribution in [0.3, 0.4) is 0 Å². The summed E-state index contributed by atoms with van der Waals surface area (Å²) in [5.41, 5.74) is 2.22. The fourth-order valence-electron chi connectivity index (χ4n) is 2.20. The first-order chi connectivity index (χ1) is 8.19. The molecule has 92 valence electrons. The molecule has 0 bridgehead atoms. The monoisotopic (exact) mass is 232 g/mol. The summed E-state index contributed by atoms with van der Waals surface area (Å²) in [7, 11) is 0. The van der Waals surface area contributed by atoms with Crippen molar-refractivity contribution in [1.29, 1.82) is 0 Å². The molecular weight excluding hydrogens is 212 g/mol. The van der Waals surface area contributed by atoms with Crippen LogP contribution in [0.15, 0.2) is 29.1 Å². The van der Waals surface area contributed by atoms with Gasteiger partial charge in [0.05, 0.1) is 11.0 Å². The van der Waals surface area contributed by atoms with Crippen LogP contribution in [0.1, 0.15) is 27.2 Å². The van der Waals surface area contributed by atoms with Crippen molar-refractivity contribution in [2.75, 3.05) is 0 Å². The van der Waals surface area contributed by atoms with Crippen molar-refractivity contribution in [1.82, 2.24) is 9.13 Å². The maximum Gasteiger partial charge on any atom is 0.329 e. The lowest BCUT2D eigenvalue weighted by molar-refractivity contribution is 0.462. The zero-order valence-corrected chi connectivity index (χ0v) is 10.8. The summed E-state index contributed by atoms with van der Waals surface area (Å²) in [5, 5.41) is 0. The van der Waals surface area contributed by atoms with Gasteiger partial charge in [0.2, 0.25) is 0 Å². The SMILES string of the molecule is CCC(C)Cn1c(=O)n(CC)c2ccccc21. The Balaban J connectivity index is 2.62. The number of nitrogens with zero attached hydrogens (tertiary/aromatic N) is 2. The van der Waals surface area contributed by atoms with Gasteiger partial charge in [-0.3, -0.25) is 9.13 Å². The minimum absolute atomic E-state index is 0.119. The van der Waals surface area contributed by atoms with Gasteiger partial charge in [0.15, 0.2) is 0 Å². The van der Waals surface area contributed by atoms with E-state index < -0.39 is 0 Å². The number of benzene rings is 1. The molecule has 17 heavy (non-hydrogen) atoms. The Morgan fingerprint density at radius 2 is 1.71 bits per heavy atom. The van der Waals surface area contributed by atoms with Crippen molar-refractivity contribution < 1.29 is 0 Å². The van der Waals surface area contributed by atoms with Crippen LogP contribution in [0, 0.1) is 5.92 Å². The van der Waals surface area contributed by atoms with E-state index in [1.54, 1.807) is 0 Å². The zero-order valence-electron chi connectivity index (χ0n) is 10.8. The fraction of sp³-hybridized carbons (Fsp3) is 0.500. The molecule has 0 aliphatic carbocycles. The molecule has 0 aliphatic heterocycles. The smallest absolute Gasteiger partial charge is 0.292 e. The van der Waals surface area contributed by atoms with Gasteiger partial charge >= 0.3 is 5.69 Å². The average molecular weight is 232 g/mol. The summed E-state index contributed by atoms with van der Waals surface area (Å²) in [4.78, 5) is 12.3. The third kappa shape index (κ3) is 2.02. The molecule has 0 N–H and O–H groups in total. The number of hydrogen-bond acceptors (Lipinski definition) is 1. The van der Waals surface area contributed by atoms with E-state index in [1.807, 2.05) is 40.3 Å². The Hall–Kier alpha value is -1.51. The molecule has 1 aromatic carbocycles. The molecular formula is C14H20N2O. The second kappa shape index (κ2) is 4.78. The van der Waals surface area contributed by atoms with Gasteiger partial charge in [0.25, 0.3) is 0 Å². The van der Waals surface area contributed by atoms with Gasteiger partial charge in [0.1, 0.15) is 0 Å². The Morgan fingerprint density at radius 3 is 2.24 bits per heavy atom. The summed E-state index contributed by atoms with van der Waals surface area (Å²) in [6.45, 7) is 7.90. The molecule has 2 aromatic rings. The predicted molar refractivity (Wildman–Crippen MR) is 71.3 cm³/mol. The Morgan fingerprint density at radius 1 is 1.12 bits per heavy atom. The van der Waals surface area contributed by atoms with Crippen LogP contribution in [0.5, 0.6) is 0 Å². The quantitative estimate of drug-likeness (QED) is 0.796. The maximum atomic E-state index is 12.3. The highest BCUT2D eigenvalue weighted by molar-refractivity contribution is 5.75. The highest BCUT2D eigenvalue weighted by atomic mass is 16.1. The summed E-state index contributed by atoms with van der Waals surface area (Å²) >= 11 is 0. The molecule has 0 spiro atoms. The number of fused-ring (bicyclic) bond motifs is 1. The van der Waals surface area contributed by atoms with Crippen LogP contribution in [0.25, 0.3) is 11.0 Å². The molecule has 0 amide bonds. The third-order valence-electron chi connectivity index (χ3n) is 3.43. The maximum absolute atomic E-state index is 12.3. The molecule has 1 unspecified atom stereocenters. The summed E-state index contributed by atoms with van der Waals surface area (Å²) in [5.74, 6) is 0.531. The van der Waals surface area contributed by atoms with Crippen molar-refractivity contribution in [3.8, 4) is 0 Å². The number of aromatic nitrogens is 2. The number of hydrogen-bond donors (Lipinski definition) is 0. The van der Waals surface area contributed by atoms with Gasteiger partial charge in [-0.05, 0) is 25.0 Å². The average Bonchev–Trinajstić information content (AvgIpc) is 2.62. The lowest BCUT2D eigenvalue weighted by Gasteiger charge is -2.09. The Bertz CT molecular complexity index is 565. The first-order valence-electron chi connectivity index (χ1n) is 6.37. The number of aryl methyl sites for hydroxylation is 1. The summed E-state index contributed by atoms with van der Waals surface area (Å²) in [6.07, 6.45) is 1.10. The zero-order chi connectivity index (χ0) is 12.4. The molecule has 0 saturated carbocycles. The molecule has 3 heteroatoms. The molecule has 0 fully saturated rings. The third-order valence-corrected chi connectivity index (χ3v) is 3.43. The van der Waals surface area contributed by atoms with Crippen molar-refractivity contribution in [2.45, 2.75) is 40.3 Å². The molecule has 0 aliphatic rings. The van der Waals surface area contributed by atoms with Gasteiger partial charge in [-0.25, -0.2) is 4.79 Å². The van der Waals surface area contributed by atoms with Crippen LogP contribution >= 0.6 is 0 Å². The molecule has 0 radical (unpaired) electrons.